The van der Waals surface area contributed by atoms with Gasteiger partial charge in [0.2, 0.25) is 0 Å². The van der Waals surface area contributed by atoms with Crippen LogP contribution in [0.2, 0.25) is 0 Å². The van der Waals surface area contributed by atoms with E-state index in [1.54, 1.807) is 19.5 Å². The predicted molar refractivity (Wildman–Crippen MR) is 81.3 cm³/mol. The van der Waals surface area contributed by atoms with Crippen LogP contribution < -0.4 is 4.90 Å². The summed E-state index contributed by atoms with van der Waals surface area (Å²) in [5.74, 6) is 0.910. The Balaban J connectivity index is 1.88. The van der Waals surface area contributed by atoms with Crippen molar-refractivity contribution < 1.29 is 9.47 Å². The highest BCUT2D eigenvalue weighted by Crippen LogP contribution is 2.27. The van der Waals surface area contributed by atoms with Crippen LogP contribution in [0.25, 0.3) is 11.3 Å². The first-order valence-electron chi connectivity index (χ1n) is 7.10. The SMILES string of the molecule is COCC1CN(c2nccnc2-c2ccccc2)CCO1. The summed E-state index contributed by atoms with van der Waals surface area (Å²) in [6.07, 6.45) is 3.55. The van der Waals surface area contributed by atoms with Crippen LogP contribution in [-0.2, 0) is 9.47 Å². The van der Waals surface area contributed by atoms with Crippen molar-refractivity contribution in [1.82, 2.24) is 9.97 Å². The fourth-order valence-corrected chi connectivity index (χ4v) is 2.56. The molecule has 1 aliphatic heterocycles. The Bertz CT molecular complexity index is 575. The molecule has 110 valence electrons. The molecule has 2 heterocycles. The van der Waals surface area contributed by atoms with Crippen molar-refractivity contribution in [3.8, 4) is 11.3 Å². The van der Waals surface area contributed by atoms with Crippen LogP contribution in [0.1, 0.15) is 0 Å². The Kier molecular flexibility index (Phi) is 4.43. The summed E-state index contributed by atoms with van der Waals surface area (Å²) < 4.78 is 10.9. The fraction of sp³-hybridized carbons (Fsp3) is 0.375. The summed E-state index contributed by atoms with van der Waals surface area (Å²) in [6.45, 7) is 2.86. The molecule has 5 heteroatoms. The zero-order valence-electron chi connectivity index (χ0n) is 12.1. The van der Waals surface area contributed by atoms with Gasteiger partial charge in [-0.3, -0.25) is 4.98 Å². The Labute approximate surface area is 124 Å². The van der Waals surface area contributed by atoms with E-state index < -0.39 is 0 Å². The number of anilines is 1. The first kappa shape index (κ1) is 14.0. The lowest BCUT2D eigenvalue weighted by Gasteiger charge is -2.34. The van der Waals surface area contributed by atoms with Gasteiger partial charge in [0, 0.05) is 38.2 Å². The van der Waals surface area contributed by atoms with E-state index in [4.69, 9.17) is 9.47 Å². The van der Waals surface area contributed by atoms with Crippen LogP contribution in [-0.4, -0.2) is 49.5 Å². The van der Waals surface area contributed by atoms with E-state index in [1.807, 2.05) is 18.2 Å². The van der Waals surface area contributed by atoms with Crippen molar-refractivity contribution in [2.24, 2.45) is 0 Å². The quantitative estimate of drug-likeness (QED) is 0.860. The minimum absolute atomic E-state index is 0.0781. The number of nitrogens with zero attached hydrogens (tertiary/aromatic N) is 3. The van der Waals surface area contributed by atoms with Crippen LogP contribution >= 0.6 is 0 Å². The fourth-order valence-electron chi connectivity index (χ4n) is 2.56. The predicted octanol–water partition coefficient (Wildman–Crippen LogP) is 2.00. The second-order valence-electron chi connectivity index (χ2n) is 4.99. The topological polar surface area (TPSA) is 47.5 Å². The van der Waals surface area contributed by atoms with Gasteiger partial charge in [0.25, 0.3) is 0 Å². The normalized spacial score (nSPS) is 18.7. The van der Waals surface area contributed by atoms with Crippen molar-refractivity contribution in [2.75, 3.05) is 38.3 Å². The van der Waals surface area contributed by atoms with Gasteiger partial charge in [0.1, 0.15) is 5.69 Å². The van der Waals surface area contributed by atoms with E-state index >= 15 is 0 Å². The smallest absolute Gasteiger partial charge is 0.155 e. The lowest BCUT2D eigenvalue weighted by molar-refractivity contribution is -0.0102. The molecule has 1 saturated heterocycles. The van der Waals surface area contributed by atoms with Gasteiger partial charge in [-0.25, -0.2) is 4.98 Å². The monoisotopic (exact) mass is 285 g/mol. The molecule has 0 saturated carbocycles. The standard InChI is InChI=1S/C16H19N3O2/c1-20-12-14-11-19(9-10-21-14)16-15(17-7-8-18-16)13-5-3-2-4-6-13/h2-8,14H,9-12H2,1H3. The van der Waals surface area contributed by atoms with Gasteiger partial charge < -0.3 is 14.4 Å². The van der Waals surface area contributed by atoms with Crippen LogP contribution in [0.5, 0.6) is 0 Å². The highest BCUT2D eigenvalue weighted by Gasteiger charge is 2.23. The van der Waals surface area contributed by atoms with Gasteiger partial charge >= 0.3 is 0 Å². The number of benzene rings is 1. The van der Waals surface area contributed by atoms with Crippen molar-refractivity contribution >= 4 is 5.82 Å². The Hall–Kier alpha value is -1.98. The maximum atomic E-state index is 5.70. The largest absolute Gasteiger partial charge is 0.382 e. The summed E-state index contributed by atoms with van der Waals surface area (Å²) >= 11 is 0. The van der Waals surface area contributed by atoms with Gasteiger partial charge in [0.15, 0.2) is 5.82 Å². The maximum absolute atomic E-state index is 5.70. The molecule has 0 aliphatic carbocycles. The van der Waals surface area contributed by atoms with Gasteiger partial charge in [-0.05, 0) is 0 Å². The molecule has 1 aromatic carbocycles. The third-order valence-corrected chi connectivity index (χ3v) is 3.52. The van der Waals surface area contributed by atoms with Gasteiger partial charge in [-0.1, -0.05) is 30.3 Å². The lowest BCUT2D eigenvalue weighted by Crippen LogP contribution is -2.45. The molecule has 21 heavy (non-hydrogen) atoms. The maximum Gasteiger partial charge on any atom is 0.155 e. The molecule has 1 atom stereocenters. The lowest BCUT2D eigenvalue weighted by atomic mass is 10.1. The van der Waals surface area contributed by atoms with Crippen molar-refractivity contribution in [3.05, 3.63) is 42.7 Å². The number of rotatable bonds is 4. The molecular weight excluding hydrogens is 266 g/mol. The molecule has 0 radical (unpaired) electrons. The van der Waals surface area contributed by atoms with Crippen molar-refractivity contribution in [1.29, 1.82) is 0 Å². The van der Waals surface area contributed by atoms with Crippen LogP contribution in [0, 0.1) is 0 Å². The Morgan fingerprint density at radius 1 is 1.24 bits per heavy atom. The molecular formula is C16H19N3O2. The zero-order chi connectivity index (χ0) is 14.5. The van der Waals surface area contributed by atoms with Crippen LogP contribution in [0.15, 0.2) is 42.7 Å². The molecule has 5 nitrogen and oxygen atoms in total. The molecule has 0 amide bonds. The zero-order valence-corrected chi connectivity index (χ0v) is 12.1. The van der Waals surface area contributed by atoms with E-state index in [-0.39, 0.29) is 6.10 Å². The summed E-state index contributed by atoms with van der Waals surface area (Å²) in [5, 5.41) is 0. The number of hydrogen-bond donors (Lipinski definition) is 0. The molecule has 3 rings (SSSR count). The molecule has 1 unspecified atom stereocenters. The van der Waals surface area contributed by atoms with E-state index in [0.29, 0.717) is 13.2 Å². The second-order valence-corrected chi connectivity index (χ2v) is 4.99. The summed E-state index contributed by atoms with van der Waals surface area (Å²) in [5.41, 5.74) is 1.99. The minimum Gasteiger partial charge on any atom is -0.382 e. The third kappa shape index (κ3) is 3.20. The number of morpholine rings is 1. The average molecular weight is 285 g/mol. The molecule has 0 spiro atoms. The van der Waals surface area contributed by atoms with Gasteiger partial charge in [0.05, 0.1) is 19.3 Å². The number of ether oxygens (including phenoxy) is 2. The Morgan fingerprint density at radius 3 is 2.86 bits per heavy atom. The van der Waals surface area contributed by atoms with E-state index in [2.05, 4.69) is 27.0 Å². The molecule has 2 aromatic rings. The van der Waals surface area contributed by atoms with Gasteiger partial charge in [-0.15, -0.1) is 0 Å². The van der Waals surface area contributed by atoms with Crippen LogP contribution in [0.3, 0.4) is 0 Å². The first-order valence-corrected chi connectivity index (χ1v) is 7.10. The highest BCUT2D eigenvalue weighted by molar-refractivity contribution is 5.71. The van der Waals surface area contributed by atoms with Gasteiger partial charge in [-0.2, -0.15) is 0 Å². The van der Waals surface area contributed by atoms with E-state index in [1.165, 1.54) is 0 Å². The molecule has 1 aliphatic rings. The number of aromatic nitrogens is 2. The first-order chi connectivity index (χ1) is 10.4. The molecule has 0 N–H and O–H groups in total. The minimum atomic E-state index is 0.0781. The highest BCUT2D eigenvalue weighted by atomic mass is 16.5. The third-order valence-electron chi connectivity index (χ3n) is 3.52. The molecule has 0 bridgehead atoms. The van der Waals surface area contributed by atoms with Crippen LogP contribution in [0.4, 0.5) is 5.82 Å². The number of methoxy groups -OCH3 is 1. The summed E-state index contributed by atoms with van der Waals surface area (Å²) in [4.78, 5) is 11.3. The van der Waals surface area contributed by atoms with E-state index in [0.717, 1.165) is 30.2 Å². The molecule has 1 aromatic heterocycles. The summed E-state index contributed by atoms with van der Waals surface area (Å²) in [7, 11) is 1.69. The summed E-state index contributed by atoms with van der Waals surface area (Å²) in [6, 6.07) is 10.1. The second kappa shape index (κ2) is 6.65. The van der Waals surface area contributed by atoms with E-state index in [9.17, 15) is 0 Å². The van der Waals surface area contributed by atoms with Crippen molar-refractivity contribution in [2.45, 2.75) is 6.10 Å². The van der Waals surface area contributed by atoms with Crippen molar-refractivity contribution in [3.63, 3.8) is 0 Å². The number of hydrogen-bond acceptors (Lipinski definition) is 5. The molecule has 1 fully saturated rings. The Morgan fingerprint density at radius 2 is 2.05 bits per heavy atom. The average Bonchev–Trinajstić information content (AvgIpc) is 2.56.